The molecule has 1 saturated heterocycles. The van der Waals surface area contributed by atoms with E-state index in [1.54, 1.807) is 13.3 Å². The van der Waals surface area contributed by atoms with Crippen LogP contribution in [-0.4, -0.2) is 62.3 Å². The maximum absolute atomic E-state index is 5.83. The molecule has 2 aromatic heterocycles. The van der Waals surface area contributed by atoms with Crippen molar-refractivity contribution >= 4 is 11.5 Å². The molecule has 1 fully saturated rings. The van der Waals surface area contributed by atoms with Crippen LogP contribution in [0.4, 0.5) is 5.82 Å². The molecule has 0 atom stereocenters. The molecule has 0 aliphatic carbocycles. The number of pyridine rings is 2. The number of aliphatic imine (C=N–C) groups is 1. The van der Waals surface area contributed by atoms with Crippen LogP contribution < -0.4 is 9.64 Å². The third kappa shape index (κ3) is 3.40. The summed E-state index contributed by atoms with van der Waals surface area (Å²) in [5.74, 6) is 1.56. The molecule has 4 rings (SSSR count). The lowest BCUT2D eigenvalue weighted by molar-refractivity contribution is 0.122. The largest absolute Gasteiger partial charge is 0.475 e. The number of aromatic nitrogens is 2. The molecular formula is C19H22N4O3. The van der Waals surface area contributed by atoms with Gasteiger partial charge in [0.15, 0.2) is 0 Å². The first-order valence-corrected chi connectivity index (χ1v) is 8.80. The predicted molar refractivity (Wildman–Crippen MR) is 98.2 cm³/mol. The summed E-state index contributed by atoms with van der Waals surface area (Å²) in [5, 5.41) is 0. The van der Waals surface area contributed by atoms with E-state index >= 15 is 0 Å². The number of rotatable bonds is 6. The van der Waals surface area contributed by atoms with E-state index < -0.39 is 0 Å². The van der Waals surface area contributed by atoms with Gasteiger partial charge in [0.05, 0.1) is 37.6 Å². The summed E-state index contributed by atoms with van der Waals surface area (Å²) in [4.78, 5) is 15.9. The lowest BCUT2D eigenvalue weighted by atomic mass is 10.0. The smallest absolute Gasteiger partial charge is 0.223 e. The Balaban J connectivity index is 1.63. The minimum atomic E-state index is 0.461. The molecule has 26 heavy (non-hydrogen) atoms. The highest BCUT2D eigenvalue weighted by atomic mass is 16.5. The Labute approximate surface area is 152 Å². The maximum Gasteiger partial charge on any atom is 0.223 e. The van der Waals surface area contributed by atoms with Crippen molar-refractivity contribution in [1.82, 2.24) is 9.97 Å². The van der Waals surface area contributed by atoms with Crippen molar-refractivity contribution in [1.29, 1.82) is 0 Å². The first-order chi connectivity index (χ1) is 12.9. The Morgan fingerprint density at radius 2 is 1.96 bits per heavy atom. The number of ether oxygens (including phenoxy) is 3. The lowest BCUT2D eigenvalue weighted by Gasteiger charge is -2.28. The quantitative estimate of drug-likeness (QED) is 0.736. The second-order valence-corrected chi connectivity index (χ2v) is 6.16. The van der Waals surface area contributed by atoms with Crippen molar-refractivity contribution in [2.75, 3.05) is 51.5 Å². The lowest BCUT2D eigenvalue weighted by Crippen LogP contribution is -2.36. The van der Waals surface area contributed by atoms with Crippen LogP contribution in [0.2, 0.25) is 0 Å². The number of hydrogen-bond donors (Lipinski definition) is 0. The summed E-state index contributed by atoms with van der Waals surface area (Å²) in [5.41, 5.74) is 4.05. The van der Waals surface area contributed by atoms with E-state index in [-0.39, 0.29) is 0 Å². The van der Waals surface area contributed by atoms with Gasteiger partial charge in [0.25, 0.3) is 0 Å². The highest BCUT2D eigenvalue weighted by Crippen LogP contribution is 2.30. The molecule has 0 unspecified atom stereocenters. The van der Waals surface area contributed by atoms with Gasteiger partial charge in [0.1, 0.15) is 12.4 Å². The summed E-state index contributed by atoms with van der Waals surface area (Å²) in [6, 6.07) is 6.08. The fraction of sp³-hybridized carbons (Fsp3) is 0.421. The number of fused-ring (bicyclic) bond motifs is 1. The van der Waals surface area contributed by atoms with Gasteiger partial charge in [-0.25, -0.2) is 9.97 Å². The zero-order valence-corrected chi connectivity index (χ0v) is 14.9. The summed E-state index contributed by atoms with van der Waals surface area (Å²) >= 11 is 0. The van der Waals surface area contributed by atoms with Gasteiger partial charge in [0.2, 0.25) is 5.88 Å². The normalized spacial score (nSPS) is 16.3. The van der Waals surface area contributed by atoms with Crippen LogP contribution >= 0.6 is 0 Å². The summed E-state index contributed by atoms with van der Waals surface area (Å²) in [7, 11) is 1.66. The molecular weight excluding hydrogens is 332 g/mol. The Hall–Kier alpha value is -2.51. The molecule has 136 valence electrons. The van der Waals surface area contributed by atoms with Gasteiger partial charge in [-0.1, -0.05) is 0 Å². The SMILES string of the molecule is COCCOc1nccc2c1C(c1ccnc(N3CCOCC3)c1)=NC2. The second-order valence-electron chi connectivity index (χ2n) is 6.16. The molecule has 2 aliphatic heterocycles. The van der Waals surface area contributed by atoms with Crippen LogP contribution in [0, 0.1) is 0 Å². The van der Waals surface area contributed by atoms with E-state index in [9.17, 15) is 0 Å². The molecule has 4 heterocycles. The van der Waals surface area contributed by atoms with Crippen LogP contribution in [0.1, 0.15) is 16.7 Å². The monoisotopic (exact) mass is 354 g/mol. The third-order valence-electron chi connectivity index (χ3n) is 4.53. The molecule has 7 heteroatoms. The first-order valence-electron chi connectivity index (χ1n) is 8.80. The fourth-order valence-corrected chi connectivity index (χ4v) is 3.21. The van der Waals surface area contributed by atoms with Crippen molar-refractivity contribution in [3.8, 4) is 5.88 Å². The molecule has 0 amide bonds. The van der Waals surface area contributed by atoms with Crippen LogP contribution in [0.5, 0.6) is 5.88 Å². The minimum absolute atomic E-state index is 0.461. The Morgan fingerprint density at radius 3 is 2.81 bits per heavy atom. The van der Waals surface area contributed by atoms with Gasteiger partial charge >= 0.3 is 0 Å². The zero-order chi connectivity index (χ0) is 17.8. The summed E-state index contributed by atoms with van der Waals surface area (Å²) < 4.78 is 16.3. The number of methoxy groups -OCH3 is 1. The van der Waals surface area contributed by atoms with Crippen LogP contribution in [0.25, 0.3) is 0 Å². The highest BCUT2D eigenvalue weighted by Gasteiger charge is 2.24. The van der Waals surface area contributed by atoms with E-state index in [0.29, 0.717) is 25.6 Å². The van der Waals surface area contributed by atoms with E-state index in [4.69, 9.17) is 19.2 Å². The van der Waals surface area contributed by atoms with Crippen LogP contribution in [0.3, 0.4) is 0 Å². The van der Waals surface area contributed by atoms with Crippen molar-refractivity contribution in [3.63, 3.8) is 0 Å². The van der Waals surface area contributed by atoms with E-state index in [1.165, 1.54) is 0 Å². The predicted octanol–water partition coefficient (Wildman–Crippen LogP) is 1.69. The van der Waals surface area contributed by atoms with Crippen molar-refractivity contribution in [3.05, 3.63) is 47.3 Å². The third-order valence-corrected chi connectivity index (χ3v) is 4.53. The van der Waals surface area contributed by atoms with Crippen LogP contribution in [-0.2, 0) is 16.0 Å². The molecule has 0 radical (unpaired) electrons. The van der Waals surface area contributed by atoms with Gasteiger partial charge in [-0.2, -0.15) is 0 Å². The standard InChI is InChI=1S/C19H22N4O3/c1-24-10-11-26-19-17-15(3-5-21-19)13-22-18(17)14-2-4-20-16(12-14)23-6-8-25-9-7-23/h2-5,12H,6-11,13H2,1H3. The van der Waals surface area contributed by atoms with E-state index in [1.807, 2.05) is 18.3 Å². The fourth-order valence-electron chi connectivity index (χ4n) is 3.21. The molecule has 0 aromatic carbocycles. The van der Waals surface area contributed by atoms with E-state index in [2.05, 4.69) is 20.9 Å². The second kappa shape index (κ2) is 7.80. The van der Waals surface area contributed by atoms with Crippen LogP contribution in [0.15, 0.2) is 35.6 Å². The Morgan fingerprint density at radius 1 is 1.12 bits per heavy atom. The minimum Gasteiger partial charge on any atom is -0.475 e. The van der Waals surface area contributed by atoms with Gasteiger partial charge in [-0.3, -0.25) is 4.99 Å². The van der Waals surface area contributed by atoms with Gasteiger partial charge in [-0.05, 0) is 23.8 Å². The molecule has 2 aliphatic rings. The molecule has 0 N–H and O–H groups in total. The van der Waals surface area contributed by atoms with Crippen molar-refractivity contribution in [2.45, 2.75) is 6.54 Å². The molecule has 0 spiro atoms. The van der Waals surface area contributed by atoms with Gasteiger partial charge in [-0.15, -0.1) is 0 Å². The van der Waals surface area contributed by atoms with Gasteiger partial charge < -0.3 is 19.1 Å². The van der Waals surface area contributed by atoms with E-state index in [0.717, 1.165) is 54.5 Å². The molecule has 0 saturated carbocycles. The molecule has 0 bridgehead atoms. The Bertz CT molecular complexity index is 803. The maximum atomic E-state index is 5.83. The number of anilines is 1. The number of nitrogens with zero attached hydrogens (tertiary/aromatic N) is 4. The molecule has 2 aromatic rings. The average molecular weight is 354 g/mol. The highest BCUT2D eigenvalue weighted by molar-refractivity contribution is 6.16. The Kier molecular flexibility index (Phi) is 5.08. The van der Waals surface area contributed by atoms with Crippen molar-refractivity contribution < 1.29 is 14.2 Å². The summed E-state index contributed by atoms with van der Waals surface area (Å²) in [6.45, 7) is 4.80. The number of hydrogen-bond acceptors (Lipinski definition) is 7. The zero-order valence-electron chi connectivity index (χ0n) is 14.9. The van der Waals surface area contributed by atoms with Crippen molar-refractivity contribution in [2.24, 2.45) is 4.99 Å². The number of morpholine rings is 1. The molecule has 7 nitrogen and oxygen atoms in total. The van der Waals surface area contributed by atoms with Gasteiger partial charge in [0, 0.05) is 38.2 Å². The topological polar surface area (TPSA) is 69.1 Å². The first kappa shape index (κ1) is 16.9. The average Bonchev–Trinajstić information content (AvgIpc) is 3.14. The summed E-state index contributed by atoms with van der Waals surface area (Å²) in [6.07, 6.45) is 3.60.